The van der Waals surface area contributed by atoms with Crippen LogP contribution >= 0.6 is 0 Å². The molecule has 4 aromatic rings. The van der Waals surface area contributed by atoms with Gasteiger partial charge in [0.1, 0.15) is 11.5 Å². The number of aromatic nitrogens is 3. The maximum absolute atomic E-state index is 14.0. The summed E-state index contributed by atoms with van der Waals surface area (Å²) in [5, 5.41) is 9.21. The van der Waals surface area contributed by atoms with Crippen molar-refractivity contribution < 1.29 is 32.0 Å². The van der Waals surface area contributed by atoms with Crippen molar-refractivity contribution in [3.8, 4) is 11.5 Å². The van der Waals surface area contributed by atoms with E-state index in [9.17, 15) is 22.5 Å². The molecule has 4 rings (SSSR count). The Bertz CT molecular complexity index is 1680. The molecular weight excluding hydrogens is 541 g/mol. The number of ether oxygens (including phenoxy) is 2. The molecule has 38 heavy (non-hydrogen) atoms. The van der Waals surface area contributed by atoms with Gasteiger partial charge in [-0.15, -0.1) is 0 Å². The smallest absolute Gasteiger partial charge is 0.335 e. The van der Waals surface area contributed by atoms with Crippen LogP contribution in [0.5, 0.6) is 11.5 Å². The van der Waals surface area contributed by atoms with E-state index in [0.29, 0.717) is 28.3 Å². The first-order valence-electron chi connectivity index (χ1n) is 11.0. The van der Waals surface area contributed by atoms with Crippen LogP contribution in [0.1, 0.15) is 32.7 Å². The van der Waals surface area contributed by atoms with Gasteiger partial charge in [-0.25, -0.2) is 22.2 Å². The summed E-state index contributed by atoms with van der Waals surface area (Å²) < 4.78 is 53.2. The monoisotopic (exact) mass is 566 g/mol. The molecule has 0 saturated carbocycles. The van der Waals surface area contributed by atoms with Crippen molar-refractivity contribution >= 4 is 67.4 Å². The van der Waals surface area contributed by atoms with Crippen LogP contribution in [-0.4, -0.2) is 81.4 Å². The summed E-state index contributed by atoms with van der Waals surface area (Å²) in [6.45, 7) is 5.19. The van der Waals surface area contributed by atoms with Crippen molar-refractivity contribution in [1.29, 1.82) is 0 Å². The third kappa shape index (κ3) is 5.36. The number of carboxylic acids is 1. The molecule has 0 bridgehead atoms. The maximum Gasteiger partial charge on any atom is 0.335 e. The normalized spacial score (nSPS) is 12.1. The third-order valence-electron chi connectivity index (χ3n) is 5.97. The summed E-state index contributed by atoms with van der Waals surface area (Å²) in [4.78, 5) is 20.1. The standard InChI is InChI=1S/C25H25N3O7S2.Na/c1-14-6-7-17(24(29)30)10-22(14)37(32,33)28-21-9-8-18(34-4)11-19(21)27-25(28)36(31)13-20-16(3)23(35-5)15(2)12-26-20;/h6-12H,13H2,1-5H3,(H,29,30);. The molecule has 1 radical (unpaired) electrons. The molecule has 13 heteroatoms. The van der Waals surface area contributed by atoms with Gasteiger partial charge < -0.3 is 14.6 Å². The molecule has 0 spiro atoms. The number of rotatable bonds is 8. The van der Waals surface area contributed by atoms with E-state index >= 15 is 0 Å². The van der Waals surface area contributed by atoms with Gasteiger partial charge in [-0.05, 0) is 50.6 Å². The average Bonchev–Trinajstić information content (AvgIpc) is 3.25. The van der Waals surface area contributed by atoms with Crippen molar-refractivity contribution in [3.05, 3.63) is 70.5 Å². The Morgan fingerprint density at radius 2 is 1.76 bits per heavy atom. The van der Waals surface area contributed by atoms with Crippen LogP contribution < -0.4 is 9.47 Å². The summed E-state index contributed by atoms with van der Waals surface area (Å²) in [7, 11) is -3.38. The molecule has 1 N–H and O–H groups in total. The Labute approximate surface area is 244 Å². The number of imidazole rings is 1. The Morgan fingerprint density at radius 3 is 2.39 bits per heavy atom. The van der Waals surface area contributed by atoms with Gasteiger partial charge in [0.2, 0.25) is 5.16 Å². The number of methoxy groups -OCH3 is 2. The van der Waals surface area contributed by atoms with Crippen molar-refractivity contribution in [2.24, 2.45) is 0 Å². The zero-order valence-electron chi connectivity index (χ0n) is 21.8. The first-order valence-corrected chi connectivity index (χ1v) is 13.8. The van der Waals surface area contributed by atoms with E-state index in [1.807, 2.05) is 6.92 Å². The number of fused-ring (bicyclic) bond motifs is 1. The van der Waals surface area contributed by atoms with E-state index < -0.39 is 26.8 Å². The van der Waals surface area contributed by atoms with Crippen molar-refractivity contribution in [3.63, 3.8) is 0 Å². The summed E-state index contributed by atoms with van der Waals surface area (Å²) in [5.41, 5.74) is 2.54. The molecule has 0 aliphatic rings. The Balaban J connectivity index is 0.00000400. The summed E-state index contributed by atoms with van der Waals surface area (Å²) in [6, 6.07) is 8.45. The molecule has 0 fully saturated rings. The predicted molar refractivity (Wildman–Crippen MR) is 143 cm³/mol. The van der Waals surface area contributed by atoms with Gasteiger partial charge in [0.05, 0.1) is 58.0 Å². The molecule has 10 nitrogen and oxygen atoms in total. The van der Waals surface area contributed by atoms with Crippen LogP contribution in [0.25, 0.3) is 11.0 Å². The average molecular weight is 567 g/mol. The molecule has 2 aromatic heterocycles. The second-order valence-electron chi connectivity index (χ2n) is 8.34. The minimum atomic E-state index is -4.41. The molecule has 2 aromatic carbocycles. The van der Waals surface area contributed by atoms with E-state index in [2.05, 4.69) is 9.97 Å². The first-order chi connectivity index (χ1) is 17.5. The van der Waals surface area contributed by atoms with Gasteiger partial charge in [0, 0.05) is 52.9 Å². The van der Waals surface area contributed by atoms with Crippen molar-refractivity contribution in [2.75, 3.05) is 14.2 Å². The fraction of sp³-hybridized carbons (Fsp3) is 0.240. The van der Waals surface area contributed by atoms with Gasteiger partial charge in [-0.3, -0.25) is 9.19 Å². The summed E-state index contributed by atoms with van der Waals surface area (Å²) >= 11 is 0. The minimum absolute atomic E-state index is 0. The second-order valence-corrected chi connectivity index (χ2v) is 11.4. The SMILES string of the molecule is COc1ccc2c(c1)nc(S(=O)Cc1ncc(C)c(OC)c1C)n2S(=O)(=O)c1cc(C(=O)O)ccc1C.[Na]. The third-order valence-corrected chi connectivity index (χ3v) is 9.14. The molecule has 0 aliphatic carbocycles. The zero-order valence-corrected chi connectivity index (χ0v) is 25.4. The predicted octanol–water partition coefficient (Wildman–Crippen LogP) is 3.24. The van der Waals surface area contributed by atoms with Gasteiger partial charge in [0.25, 0.3) is 10.0 Å². The van der Waals surface area contributed by atoms with E-state index in [4.69, 9.17) is 9.47 Å². The molecule has 1 unspecified atom stereocenters. The number of nitrogens with zero attached hydrogens (tertiary/aromatic N) is 3. The number of aryl methyl sites for hydroxylation is 2. The maximum atomic E-state index is 14.0. The zero-order chi connectivity index (χ0) is 27.1. The minimum Gasteiger partial charge on any atom is -0.497 e. The van der Waals surface area contributed by atoms with Crippen molar-refractivity contribution in [2.45, 2.75) is 36.6 Å². The second kappa shape index (κ2) is 11.5. The largest absolute Gasteiger partial charge is 0.497 e. The Kier molecular flexibility index (Phi) is 9.04. The van der Waals surface area contributed by atoms with Gasteiger partial charge in [0.15, 0.2) is 0 Å². The number of hydrogen-bond acceptors (Lipinski definition) is 8. The molecular formula is C25H25N3NaO7S2. The van der Waals surface area contributed by atoms with Crippen molar-refractivity contribution in [1.82, 2.24) is 13.9 Å². The Hall–Kier alpha value is -2.77. The van der Waals surface area contributed by atoms with Crippen LogP contribution in [0.3, 0.4) is 0 Å². The van der Waals surface area contributed by atoms with E-state index in [1.54, 1.807) is 32.2 Å². The number of carbonyl (C=O) groups is 1. The fourth-order valence-electron chi connectivity index (χ4n) is 4.03. The molecule has 0 amide bonds. The van der Waals surface area contributed by atoms with Crippen LogP contribution in [0.15, 0.2) is 52.6 Å². The van der Waals surface area contributed by atoms with Crippen LogP contribution in [0, 0.1) is 20.8 Å². The fourth-order valence-corrected chi connectivity index (χ4v) is 7.34. The van der Waals surface area contributed by atoms with Gasteiger partial charge in [-0.2, -0.15) is 0 Å². The first kappa shape index (κ1) is 29.8. The topological polar surface area (TPSA) is 138 Å². The number of benzene rings is 2. The number of carboxylic acid groups (broad SMARTS) is 1. The van der Waals surface area contributed by atoms with E-state index in [1.165, 1.54) is 32.4 Å². The molecule has 1 atom stereocenters. The number of aromatic carboxylic acids is 1. The number of hydrogen-bond donors (Lipinski definition) is 1. The molecule has 0 saturated heterocycles. The van der Waals surface area contributed by atoms with E-state index in [0.717, 1.165) is 15.6 Å². The molecule has 2 heterocycles. The summed E-state index contributed by atoms with van der Waals surface area (Å²) in [5.74, 6) is -0.340. The molecule has 195 valence electrons. The van der Waals surface area contributed by atoms with Crippen LogP contribution in [0.2, 0.25) is 0 Å². The van der Waals surface area contributed by atoms with E-state index in [-0.39, 0.29) is 62.0 Å². The van der Waals surface area contributed by atoms with Gasteiger partial charge >= 0.3 is 5.97 Å². The molecule has 0 aliphatic heterocycles. The quantitative estimate of drug-likeness (QED) is 0.319. The van der Waals surface area contributed by atoms with Crippen LogP contribution in [0.4, 0.5) is 0 Å². The Morgan fingerprint density at radius 1 is 1.05 bits per heavy atom. The summed E-state index contributed by atoms with van der Waals surface area (Å²) in [6.07, 6.45) is 1.60. The van der Waals surface area contributed by atoms with Gasteiger partial charge in [-0.1, -0.05) is 6.07 Å². The number of pyridine rings is 1. The van der Waals surface area contributed by atoms with Crippen LogP contribution in [-0.2, 0) is 26.6 Å².